The van der Waals surface area contributed by atoms with Crippen LogP contribution in [0.5, 0.6) is 0 Å². The number of esters is 1. The highest BCUT2D eigenvalue weighted by Crippen LogP contribution is 2.33. The number of alkyl halides is 2. The van der Waals surface area contributed by atoms with Crippen molar-refractivity contribution in [2.24, 2.45) is 0 Å². The van der Waals surface area contributed by atoms with Gasteiger partial charge in [0.2, 0.25) is 11.7 Å². The fourth-order valence-corrected chi connectivity index (χ4v) is 1.95. The summed E-state index contributed by atoms with van der Waals surface area (Å²) in [6.45, 7) is 14.5. The fraction of sp³-hybridized carbons (Fsp3) is 0.450. The van der Waals surface area contributed by atoms with E-state index in [1.165, 1.54) is 12.1 Å². The van der Waals surface area contributed by atoms with Gasteiger partial charge < -0.3 is 9.26 Å². The van der Waals surface area contributed by atoms with Crippen LogP contribution in [0.25, 0.3) is 0 Å². The summed E-state index contributed by atoms with van der Waals surface area (Å²) in [6, 6.07) is 5.78. The van der Waals surface area contributed by atoms with Crippen LogP contribution >= 0.6 is 0 Å². The summed E-state index contributed by atoms with van der Waals surface area (Å²) in [5, 5.41) is 3.34. The molecule has 1 aromatic carbocycles. The summed E-state index contributed by atoms with van der Waals surface area (Å²) in [7, 11) is 0. The number of aromatic nitrogens is 2. The molecule has 2 rings (SSSR count). The van der Waals surface area contributed by atoms with Crippen molar-refractivity contribution in [1.82, 2.24) is 10.1 Å². The molecule has 0 bridgehead atoms. The van der Waals surface area contributed by atoms with Crippen molar-refractivity contribution in [3.8, 4) is 0 Å². The van der Waals surface area contributed by atoms with E-state index >= 15 is 0 Å². The van der Waals surface area contributed by atoms with Gasteiger partial charge in [-0.25, -0.2) is 4.79 Å². The van der Waals surface area contributed by atoms with E-state index in [0.29, 0.717) is 0 Å². The van der Waals surface area contributed by atoms with E-state index in [1.54, 1.807) is 39.8 Å². The van der Waals surface area contributed by atoms with Crippen molar-refractivity contribution >= 4 is 5.97 Å². The number of hydrogen-bond acceptors (Lipinski definition) is 5. The molecule has 27 heavy (non-hydrogen) atoms. The van der Waals surface area contributed by atoms with Crippen LogP contribution in [0, 0.1) is 6.92 Å². The number of rotatable bonds is 5. The molecular formula is C20H26F2N2O3. The number of aryl methyl sites for hydroxylation is 1. The number of halogens is 2. The molecule has 0 aliphatic carbocycles. The Balaban J connectivity index is 0.00000176. The third kappa shape index (κ3) is 6.27. The van der Waals surface area contributed by atoms with Gasteiger partial charge in [-0.2, -0.15) is 13.8 Å². The van der Waals surface area contributed by atoms with Gasteiger partial charge in [0, 0.05) is 11.1 Å². The van der Waals surface area contributed by atoms with Crippen molar-refractivity contribution in [3.05, 3.63) is 59.3 Å². The minimum Gasteiger partial charge on any atom is -0.457 e. The Morgan fingerprint density at radius 1 is 1.19 bits per heavy atom. The maximum Gasteiger partial charge on any atom is 0.335 e. The Morgan fingerprint density at radius 3 is 2.26 bits per heavy atom. The van der Waals surface area contributed by atoms with Crippen molar-refractivity contribution in [2.75, 3.05) is 0 Å². The smallest absolute Gasteiger partial charge is 0.335 e. The molecule has 0 spiro atoms. The van der Waals surface area contributed by atoms with E-state index in [2.05, 4.69) is 16.7 Å². The molecule has 5 nitrogen and oxygen atoms in total. The number of nitrogens with zero attached hydrogens (tertiary/aromatic N) is 2. The Hall–Kier alpha value is -2.57. The first-order chi connectivity index (χ1) is 12.5. The average molecular weight is 380 g/mol. The third-order valence-electron chi connectivity index (χ3n) is 3.22. The highest BCUT2D eigenvalue weighted by molar-refractivity contribution is 5.88. The molecule has 1 heterocycles. The number of carbonyl (C=O) groups is 1. The number of carbonyl (C=O) groups excluding carboxylic acids is 1. The first kappa shape index (κ1) is 22.5. The van der Waals surface area contributed by atoms with Gasteiger partial charge in [-0.3, -0.25) is 0 Å². The summed E-state index contributed by atoms with van der Waals surface area (Å²) in [6.07, 6.45) is -0.161. The lowest BCUT2D eigenvalue weighted by atomic mass is 10.1. The topological polar surface area (TPSA) is 65.2 Å². The number of ether oxygens (including phenoxy) is 1. The fourth-order valence-electron chi connectivity index (χ4n) is 1.95. The third-order valence-corrected chi connectivity index (χ3v) is 3.22. The van der Waals surface area contributed by atoms with Crippen LogP contribution in [0.15, 0.2) is 40.9 Å². The predicted molar refractivity (Wildman–Crippen MR) is 98.5 cm³/mol. The lowest BCUT2D eigenvalue weighted by Crippen LogP contribution is -2.25. The maximum atomic E-state index is 14.5. The molecule has 0 aliphatic rings. The quantitative estimate of drug-likeness (QED) is 0.540. The van der Waals surface area contributed by atoms with Crippen LogP contribution in [-0.2, 0) is 21.9 Å². The second-order valence-electron chi connectivity index (χ2n) is 6.73. The normalized spacial score (nSPS) is 11.4. The standard InChI is InChI=1S/C18H20F2N2O3.C2H6/c1-11-6-8-13(9-7-11)18(19,20)16-21-14(25-22-16)10-12(2)15(23)24-17(3,4)5;1-2/h6-9H,2,10H2,1,3-5H3;1-2H3. The van der Waals surface area contributed by atoms with Crippen LogP contribution < -0.4 is 0 Å². The Bertz CT molecular complexity index is 775. The summed E-state index contributed by atoms with van der Waals surface area (Å²) >= 11 is 0. The SMILES string of the molecule is C=C(Cc1nc(C(F)(F)c2ccc(C)cc2)no1)C(=O)OC(C)(C)C.CC. The lowest BCUT2D eigenvalue weighted by molar-refractivity contribution is -0.150. The molecule has 0 N–H and O–H groups in total. The van der Waals surface area contributed by atoms with E-state index in [4.69, 9.17) is 9.26 Å². The molecule has 0 fully saturated rings. The van der Waals surface area contributed by atoms with E-state index < -0.39 is 23.3 Å². The molecule has 0 unspecified atom stereocenters. The minimum absolute atomic E-state index is 0.0452. The molecule has 0 saturated carbocycles. The molecule has 1 aromatic heterocycles. The molecule has 0 radical (unpaired) electrons. The predicted octanol–water partition coefficient (Wildman–Crippen LogP) is 4.98. The van der Waals surface area contributed by atoms with Crippen LogP contribution in [0.1, 0.15) is 57.5 Å². The minimum atomic E-state index is -3.40. The number of benzene rings is 1. The van der Waals surface area contributed by atoms with Gasteiger partial charge in [-0.05, 0) is 27.7 Å². The first-order valence-corrected chi connectivity index (χ1v) is 8.68. The van der Waals surface area contributed by atoms with Gasteiger partial charge in [0.25, 0.3) is 0 Å². The van der Waals surface area contributed by atoms with E-state index in [0.717, 1.165) is 5.56 Å². The van der Waals surface area contributed by atoms with Crippen LogP contribution in [0.2, 0.25) is 0 Å². The Labute approximate surface area is 158 Å². The van der Waals surface area contributed by atoms with Crippen molar-refractivity contribution in [2.45, 2.75) is 59.5 Å². The molecule has 0 atom stereocenters. The molecule has 0 saturated heterocycles. The number of hydrogen-bond donors (Lipinski definition) is 0. The van der Waals surface area contributed by atoms with Crippen molar-refractivity contribution in [3.63, 3.8) is 0 Å². The van der Waals surface area contributed by atoms with Crippen molar-refractivity contribution < 1.29 is 22.8 Å². The summed E-state index contributed by atoms with van der Waals surface area (Å²) in [4.78, 5) is 15.6. The highest BCUT2D eigenvalue weighted by atomic mass is 19.3. The average Bonchev–Trinajstić information content (AvgIpc) is 3.05. The second-order valence-corrected chi connectivity index (χ2v) is 6.73. The van der Waals surface area contributed by atoms with Gasteiger partial charge in [0.05, 0.1) is 6.42 Å². The second kappa shape index (κ2) is 8.88. The molecule has 0 aliphatic heterocycles. The largest absolute Gasteiger partial charge is 0.457 e. The first-order valence-electron chi connectivity index (χ1n) is 8.68. The van der Waals surface area contributed by atoms with E-state index in [-0.39, 0.29) is 23.4 Å². The zero-order valence-corrected chi connectivity index (χ0v) is 16.6. The molecule has 0 amide bonds. The van der Waals surface area contributed by atoms with Gasteiger partial charge in [0.1, 0.15) is 5.60 Å². The van der Waals surface area contributed by atoms with Gasteiger partial charge in [-0.1, -0.05) is 55.4 Å². The molecule has 7 heteroatoms. The zero-order valence-electron chi connectivity index (χ0n) is 16.6. The molecule has 148 valence electrons. The maximum absolute atomic E-state index is 14.5. The van der Waals surface area contributed by atoms with Gasteiger partial charge >= 0.3 is 11.9 Å². The monoisotopic (exact) mass is 380 g/mol. The summed E-state index contributed by atoms with van der Waals surface area (Å²) < 4.78 is 38.9. The molecular weight excluding hydrogens is 354 g/mol. The van der Waals surface area contributed by atoms with Gasteiger partial charge in [-0.15, -0.1) is 0 Å². The van der Waals surface area contributed by atoms with Gasteiger partial charge in [0.15, 0.2) is 0 Å². The van der Waals surface area contributed by atoms with E-state index in [9.17, 15) is 13.6 Å². The Kier molecular flexibility index (Phi) is 7.39. The summed E-state index contributed by atoms with van der Waals surface area (Å²) in [5.74, 6) is -4.93. The van der Waals surface area contributed by atoms with Crippen LogP contribution in [0.4, 0.5) is 8.78 Å². The zero-order chi connectivity index (χ0) is 20.8. The summed E-state index contributed by atoms with van der Waals surface area (Å²) in [5.41, 5.74) is -0.0133. The highest BCUT2D eigenvalue weighted by Gasteiger charge is 2.39. The van der Waals surface area contributed by atoms with E-state index in [1.807, 2.05) is 13.8 Å². The Morgan fingerprint density at radius 2 is 1.74 bits per heavy atom. The van der Waals surface area contributed by atoms with Crippen LogP contribution in [0.3, 0.4) is 0 Å². The van der Waals surface area contributed by atoms with Crippen molar-refractivity contribution in [1.29, 1.82) is 0 Å². The molecule has 2 aromatic rings. The lowest BCUT2D eigenvalue weighted by Gasteiger charge is -2.19. The van der Waals surface area contributed by atoms with Crippen LogP contribution in [-0.4, -0.2) is 21.7 Å².